The van der Waals surface area contributed by atoms with E-state index in [1.165, 1.54) is 5.57 Å². The first kappa shape index (κ1) is 4.20. The predicted molar refractivity (Wildman–Crippen MR) is 27.9 cm³/mol. The van der Waals surface area contributed by atoms with Gasteiger partial charge in [0.1, 0.15) is 0 Å². The molecular formula is C5H7Cl. The van der Waals surface area contributed by atoms with Gasteiger partial charge in [0.2, 0.25) is 0 Å². The zero-order valence-electron chi connectivity index (χ0n) is 3.74. The molecule has 0 amide bonds. The van der Waals surface area contributed by atoms with E-state index in [9.17, 15) is 0 Å². The molecule has 0 aromatic rings. The molecule has 0 bridgehead atoms. The van der Waals surface area contributed by atoms with Crippen LogP contribution in [0.2, 0.25) is 0 Å². The first-order chi connectivity index (χ1) is 2.73. The molecule has 34 valence electrons. The Balaban J connectivity index is 2.51. The molecule has 0 heterocycles. The summed E-state index contributed by atoms with van der Waals surface area (Å²) >= 11 is 5.59. The fraction of sp³-hybridized carbons (Fsp3) is 0.600. The molecule has 2 atom stereocenters. The van der Waals surface area contributed by atoms with Gasteiger partial charge in [0.05, 0.1) is 5.38 Å². The highest BCUT2D eigenvalue weighted by atomic mass is 35.5. The first-order valence-corrected chi connectivity index (χ1v) is 2.50. The summed E-state index contributed by atoms with van der Waals surface area (Å²) in [4.78, 5) is 0. The monoisotopic (exact) mass is 102 g/mol. The van der Waals surface area contributed by atoms with Crippen LogP contribution in [0, 0.1) is 5.92 Å². The van der Waals surface area contributed by atoms with Crippen LogP contribution in [0.3, 0.4) is 0 Å². The molecule has 0 aromatic heterocycles. The molecule has 1 rings (SSSR count). The molecule has 0 radical (unpaired) electrons. The van der Waals surface area contributed by atoms with Crippen LogP contribution in [0.15, 0.2) is 12.2 Å². The van der Waals surface area contributed by atoms with Gasteiger partial charge < -0.3 is 0 Å². The van der Waals surface area contributed by atoms with E-state index in [4.69, 9.17) is 11.6 Å². The predicted octanol–water partition coefficient (Wildman–Crippen LogP) is 1.80. The van der Waals surface area contributed by atoms with Gasteiger partial charge in [-0.05, 0) is 5.92 Å². The van der Waals surface area contributed by atoms with Crippen LogP contribution in [0.1, 0.15) is 6.92 Å². The lowest BCUT2D eigenvalue weighted by molar-refractivity contribution is 1.02. The fourth-order valence-corrected chi connectivity index (χ4v) is 0.705. The second-order valence-corrected chi connectivity index (χ2v) is 2.24. The minimum Gasteiger partial charge on any atom is -0.118 e. The Morgan fingerprint density at radius 1 is 1.83 bits per heavy atom. The molecule has 0 aromatic carbocycles. The summed E-state index contributed by atoms with van der Waals surface area (Å²) in [5, 5.41) is 0.296. The Morgan fingerprint density at radius 3 is 2.00 bits per heavy atom. The number of hydrogen-bond donors (Lipinski definition) is 0. The van der Waals surface area contributed by atoms with Gasteiger partial charge in [-0.2, -0.15) is 0 Å². The third-order valence-corrected chi connectivity index (χ3v) is 1.93. The molecule has 1 aliphatic carbocycles. The molecule has 6 heavy (non-hydrogen) atoms. The lowest BCUT2D eigenvalue weighted by Crippen LogP contribution is -1.61. The van der Waals surface area contributed by atoms with E-state index in [1.807, 2.05) is 0 Å². The Labute approximate surface area is 42.8 Å². The largest absolute Gasteiger partial charge is 0.118 e. The van der Waals surface area contributed by atoms with E-state index in [0.717, 1.165) is 0 Å². The van der Waals surface area contributed by atoms with Crippen molar-refractivity contribution in [3.8, 4) is 0 Å². The third kappa shape index (κ3) is 0.368. The Morgan fingerprint density at radius 2 is 2.00 bits per heavy atom. The minimum atomic E-state index is 0.296. The fourth-order valence-electron chi connectivity index (χ4n) is 0.417. The number of rotatable bonds is 0. The highest BCUT2D eigenvalue weighted by Gasteiger charge is 2.35. The van der Waals surface area contributed by atoms with Crippen molar-refractivity contribution >= 4 is 11.6 Å². The summed E-state index contributed by atoms with van der Waals surface area (Å²) in [7, 11) is 0. The van der Waals surface area contributed by atoms with Crippen molar-refractivity contribution in [2.75, 3.05) is 0 Å². The summed E-state index contributed by atoms with van der Waals surface area (Å²) in [5.41, 5.74) is 1.19. The molecule has 1 saturated carbocycles. The summed E-state index contributed by atoms with van der Waals surface area (Å²) in [5.74, 6) is 0.590. The van der Waals surface area contributed by atoms with Crippen LogP contribution in [0.5, 0.6) is 0 Å². The van der Waals surface area contributed by atoms with Crippen molar-refractivity contribution in [2.24, 2.45) is 5.92 Å². The van der Waals surface area contributed by atoms with E-state index >= 15 is 0 Å². The topological polar surface area (TPSA) is 0 Å². The molecule has 1 fully saturated rings. The quantitative estimate of drug-likeness (QED) is 0.323. The van der Waals surface area contributed by atoms with Crippen LogP contribution >= 0.6 is 11.6 Å². The van der Waals surface area contributed by atoms with Gasteiger partial charge in [-0.3, -0.25) is 0 Å². The van der Waals surface area contributed by atoms with Crippen molar-refractivity contribution in [1.82, 2.24) is 0 Å². The number of alkyl halides is 1. The van der Waals surface area contributed by atoms with Crippen LogP contribution in [-0.4, -0.2) is 5.38 Å². The van der Waals surface area contributed by atoms with E-state index < -0.39 is 0 Å². The normalized spacial score (nSPS) is 43.3. The van der Waals surface area contributed by atoms with Gasteiger partial charge in [-0.1, -0.05) is 19.1 Å². The molecule has 0 saturated heterocycles. The molecule has 0 nitrogen and oxygen atoms in total. The van der Waals surface area contributed by atoms with Gasteiger partial charge in [-0.15, -0.1) is 11.6 Å². The Hall–Kier alpha value is 0.0300. The summed E-state index contributed by atoms with van der Waals surface area (Å²) < 4.78 is 0. The average Bonchev–Trinajstić information content (AvgIpc) is 1.94. The average molecular weight is 103 g/mol. The van der Waals surface area contributed by atoms with Crippen LogP contribution in [0.4, 0.5) is 0 Å². The maximum atomic E-state index is 5.59. The highest BCUT2D eigenvalue weighted by molar-refractivity contribution is 6.25. The molecular weight excluding hydrogens is 95.5 g/mol. The van der Waals surface area contributed by atoms with Gasteiger partial charge in [0.25, 0.3) is 0 Å². The molecule has 1 heteroatoms. The Kier molecular flexibility index (Phi) is 0.701. The van der Waals surface area contributed by atoms with Crippen molar-refractivity contribution in [1.29, 1.82) is 0 Å². The van der Waals surface area contributed by atoms with E-state index in [0.29, 0.717) is 11.3 Å². The van der Waals surface area contributed by atoms with Gasteiger partial charge in [0, 0.05) is 0 Å². The lowest BCUT2D eigenvalue weighted by Gasteiger charge is -1.62. The van der Waals surface area contributed by atoms with Gasteiger partial charge in [0.15, 0.2) is 0 Å². The molecule has 1 aliphatic rings. The zero-order valence-corrected chi connectivity index (χ0v) is 4.50. The molecule has 2 unspecified atom stereocenters. The van der Waals surface area contributed by atoms with Crippen molar-refractivity contribution in [3.05, 3.63) is 12.2 Å². The smallest absolute Gasteiger partial charge is 0.0609 e. The van der Waals surface area contributed by atoms with Crippen LogP contribution in [0.25, 0.3) is 0 Å². The molecule has 0 N–H and O–H groups in total. The number of halogens is 1. The summed E-state index contributed by atoms with van der Waals surface area (Å²) in [6.45, 7) is 5.78. The minimum absolute atomic E-state index is 0.296. The zero-order chi connectivity index (χ0) is 4.73. The number of allylic oxidation sites excluding steroid dienone is 1. The maximum Gasteiger partial charge on any atom is 0.0609 e. The first-order valence-electron chi connectivity index (χ1n) is 2.06. The van der Waals surface area contributed by atoms with Crippen LogP contribution in [-0.2, 0) is 0 Å². The highest BCUT2D eigenvalue weighted by Crippen LogP contribution is 2.40. The standard InChI is InChI=1S/C5H7Cl/c1-3-4(2)5(3)6/h4-5H,1H2,2H3. The van der Waals surface area contributed by atoms with E-state index in [1.54, 1.807) is 0 Å². The lowest BCUT2D eigenvalue weighted by atomic mass is 10.5. The van der Waals surface area contributed by atoms with Gasteiger partial charge in [-0.25, -0.2) is 0 Å². The number of hydrogen-bond acceptors (Lipinski definition) is 0. The van der Waals surface area contributed by atoms with Crippen LogP contribution < -0.4 is 0 Å². The molecule has 0 aliphatic heterocycles. The second kappa shape index (κ2) is 1.00. The van der Waals surface area contributed by atoms with Crippen molar-refractivity contribution in [2.45, 2.75) is 12.3 Å². The second-order valence-electron chi connectivity index (χ2n) is 1.77. The van der Waals surface area contributed by atoms with Gasteiger partial charge >= 0.3 is 0 Å². The maximum absolute atomic E-state index is 5.59. The van der Waals surface area contributed by atoms with E-state index in [2.05, 4.69) is 13.5 Å². The van der Waals surface area contributed by atoms with E-state index in [-0.39, 0.29) is 0 Å². The summed E-state index contributed by atoms with van der Waals surface area (Å²) in [6.07, 6.45) is 0. The summed E-state index contributed by atoms with van der Waals surface area (Å²) in [6, 6.07) is 0. The SMILES string of the molecule is C=C1C(C)C1Cl. The Bertz CT molecular complexity index is 75.9. The third-order valence-electron chi connectivity index (χ3n) is 1.27. The van der Waals surface area contributed by atoms with Crippen molar-refractivity contribution in [3.63, 3.8) is 0 Å². The molecule has 0 spiro atoms. The van der Waals surface area contributed by atoms with Crippen molar-refractivity contribution < 1.29 is 0 Å².